The number of unbranched alkanes of at least 4 members (excludes halogenated alkanes) is 1. The van der Waals surface area contributed by atoms with Crippen LogP contribution < -0.4 is 5.32 Å². The summed E-state index contributed by atoms with van der Waals surface area (Å²) < 4.78 is 10.6. The van der Waals surface area contributed by atoms with Crippen LogP contribution >= 0.6 is 0 Å². The van der Waals surface area contributed by atoms with Gasteiger partial charge in [0.05, 0.1) is 26.4 Å². The second-order valence-electron chi connectivity index (χ2n) is 4.22. The Hall–Kier alpha value is -0.810. The maximum atomic E-state index is 11.5. The molecule has 0 atom stereocenters. The molecule has 1 spiro atoms. The number of hydrogen-bond acceptors (Lipinski definition) is 4. The van der Waals surface area contributed by atoms with Gasteiger partial charge in [-0.3, -0.25) is 5.32 Å². The molecule has 0 saturated carbocycles. The van der Waals surface area contributed by atoms with E-state index in [1.165, 1.54) is 0 Å². The van der Waals surface area contributed by atoms with Crippen LogP contribution in [-0.2, 0) is 9.47 Å². The summed E-state index contributed by atoms with van der Waals surface area (Å²) in [6.07, 6.45) is 1.78. The van der Waals surface area contributed by atoms with Crippen LogP contribution in [0.3, 0.4) is 0 Å². The number of hydrogen-bond donors (Lipinski definition) is 1. The lowest BCUT2D eigenvalue weighted by atomic mass is 9.95. The van der Waals surface area contributed by atoms with E-state index in [0.29, 0.717) is 26.4 Å². The first kappa shape index (κ1) is 10.7. The molecule has 5 heteroatoms. The largest absolute Gasteiger partial charge is 0.449 e. The van der Waals surface area contributed by atoms with Gasteiger partial charge in [0.2, 0.25) is 0 Å². The van der Waals surface area contributed by atoms with Crippen LogP contribution in [0.4, 0.5) is 4.79 Å². The van der Waals surface area contributed by atoms with E-state index in [0.717, 1.165) is 19.4 Å². The van der Waals surface area contributed by atoms with Crippen molar-refractivity contribution in [1.82, 2.24) is 10.2 Å². The lowest BCUT2D eigenvalue weighted by Gasteiger charge is -2.45. The second kappa shape index (κ2) is 4.37. The maximum absolute atomic E-state index is 11.5. The summed E-state index contributed by atoms with van der Waals surface area (Å²) >= 11 is 0. The molecule has 0 aromatic rings. The SMILES string of the molecule is CCCCOC(=O)N1CC2(CNCO2)C1. The smallest absolute Gasteiger partial charge is 0.409 e. The predicted molar refractivity (Wildman–Crippen MR) is 54.5 cm³/mol. The van der Waals surface area contributed by atoms with Gasteiger partial charge in [-0.2, -0.15) is 0 Å². The van der Waals surface area contributed by atoms with Crippen molar-refractivity contribution in [3.63, 3.8) is 0 Å². The standard InChI is InChI=1S/C10H18N2O3/c1-2-3-4-14-9(13)12-6-10(7-12)5-11-8-15-10/h11H,2-8H2,1H3. The molecule has 86 valence electrons. The Morgan fingerprint density at radius 1 is 1.60 bits per heavy atom. The molecule has 2 heterocycles. The van der Waals surface area contributed by atoms with E-state index in [1.54, 1.807) is 4.90 Å². The minimum Gasteiger partial charge on any atom is -0.449 e. The number of amides is 1. The van der Waals surface area contributed by atoms with Crippen LogP contribution in [0.5, 0.6) is 0 Å². The van der Waals surface area contributed by atoms with Gasteiger partial charge >= 0.3 is 6.09 Å². The summed E-state index contributed by atoms with van der Waals surface area (Å²) in [6.45, 7) is 5.35. The van der Waals surface area contributed by atoms with E-state index >= 15 is 0 Å². The Bertz CT molecular complexity index is 231. The van der Waals surface area contributed by atoms with Crippen LogP contribution in [0, 0.1) is 0 Å². The molecule has 0 bridgehead atoms. The zero-order valence-corrected chi connectivity index (χ0v) is 9.12. The molecule has 5 nitrogen and oxygen atoms in total. The summed E-state index contributed by atoms with van der Waals surface area (Å²) in [5, 5.41) is 3.13. The lowest BCUT2D eigenvalue weighted by Crippen LogP contribution is -2.65. The summed E-state index contributed by atoms with van der Waals surface area (Å²) in [6, 6.07) is 0. The quantitative estimate of drug-likeness (QED) is 0.697. The molecule has 2 fully saturated rings. The van der Waals surface area contributed by atoms with Gasteiger partial charge in [0.1, 0.15) is 5.60 Å². The fraction of sp³-hybridized carbons (Fsp3) is 0.900. The average Bonchev–Trinajstić information content (AvgIpc) is 2.64. The number of carbonyl (C=O) groups excluding carboxylic acids is 1. The molecule has 0 unspecified atom stereocenters. The monoisotopic (exact) mass is 214 g/mol. The topological polar surface area (TPSA) is 50.8 Å². The molecule has 2 aliphatic rings. The van der Waals surface area contributed by atoms with E-state index in [2.05, 4.69) is 12.2 Å². The van der Waals surface area contributed by atoms with Crippen LogP contribution in [0.2, 0.25) is 0 Å². The molecule has 0 aliphatic carbocycles. The maximum Gasteiger partial charge on any atom is 0.409 e. The first-order valence-corrected chi connectivity index (χ1v) is 5.52. The van der Waals surface area contributed by atoms with Gasteiger partial charge in [-0.25, -0.2) is 4.79 Å². The molecule has 2 rings (SSSR count). The number of rotatable bonds is 3. The molecule has 15 heavy (non-hydrogen) atoms. The molecular formula is C10H18N2O3. The van der Waals surface area contributed by atoms with Gasteiger partial charge in [-0.1, -0.05) is 13.3 Å². The van der Waals surface area contributed by atoms with Crippen LogP contribution in [0.25, 0.3) is 0 Å². The van der Waals surface area contributed by atoms with E-state index in [-0.39, 0.29) is 11.7 Å². The van der Waals surface area contributed by atoms with Crippen molar-refractivity contribution in [2.24, 2.45) is 0 Å². The van der Waals surface area contributed by atoms with Crippen molar-refractivity contribution in [2.75, 3.05) is 33.0 Å². The Kier molecular flexibility index (Phi) is 3.11. The Morgan fingerprint density at radius 2 is 2.40 bits per heavy atom. The Morgan fingerprint density at radius 3 is 3.00 bits per heavy atom. The first-order valence-electron chi connectivity index (χ1n) is 5.52. The van der Waals surface area contributed by atoms with Crippen molar-refractivity contribution in [1.29, 1.82) is 0 Å². The molecular weight excluding hydrogens is 196 g/mol. The van der Waals surface area contributed by atoms with Crippen molar-refractivity contribution in [3.05, 3.63) is 0 Å². The molecule has 2 saturated heterocycles. The molecule has 0 aromatic carbocycles. The van der Waals surface area contributed by atoms with E-state index in [9.17, 15) is 4.79 Å². The van der Waals surface area contributed by atoms with Crippen LogP contribution in [-0.4, -0.2) is 49.6 Å². The molecule has 0 aromatic heterocycles. The van der Waals surface area contributed by atoms with E-state index < -0.39 is 0 Å². The van der Waals surface area contributed by atoms with Gasteiger partial charge in [-0.05, 0) is 6.42 Å². The number of ether oxygens (including phenoxy) is 2. The fourth-order valence-electron chi connectivity index (χ4n) is 1.91. The fourth-order valence-corrected chi connectivity index (χ4v) is 1.91. The van der Waals surface area contributed by atoms with Crippen LogP contribution in [0.1, 0.15) is 19.8 Å². The number of nitrogens with one attached hydrogen (secondary N) is 1. The third-order valence-corrected chi connectivity index (χ3v) is 2.87. The van der Waals surface area contributed by atoms with Crippen molar-refractivity contribution >= 4 is 6.09 Å². The van der Waals surface area contributed by atoms with Crippen LogP contribution in [0.15, 0.2) is 0 Å². The third kappa shape index (κ3) is 2.23. The van der Waals surface area contributed by atoms with E-state index in [4.69, 9.17) is 9.47 Å². The highest BCUT2D eigenvalue weighted by Gasteiger charge is 2.49. The lowest BCUT2D eigenvalue weighted by molar-refractivity contribution is -0.0950. The van der Waals surface area contributed by atoms with E-state index in [1.807, 2.05) is 0 Å². The highest BCUT2D eigenvalue weighted by atomic mass is 16.6. The number of likely N-dealkylation sites (tertiary alicyclic amines) is 1. The molecule has 2 aliphatic heterocycles. The Balaban J connectivity index is 1.67. The minimum absolute atomic E-state index is 0.121. The van der Waals surface area contributed by atoms with Crippen molar-refractivity contribution in [2.45, 2.75) is 25.4 Å². The van der Waals surface area contributed by atoms with Gasteiger partial charge in [0.25, 0.3) is 0 Å². The highest BCUT2D eigenvalue weighted by Crippen LogP contribution is 2.27. The average molecular weight is 214 g/mol. The predicted octanol–water partition coefficient (Wildman–Crippen LogP) is 0.555. The van der Waals surface area contributed by atoms with Gasteiger partial charge in [0.15, 0.2) is 0 Å². The van der Waals surface area contributed by atoms with Gasteiger partial charge < -0.3 is 14.4 Å². The number of nitrogens with zero attached hydrogens (tertiary/aromatic N) is 1. The summed E-state index contributed by atoms with van der Waals surface area (Å²) in [5.41, 5.74) is -0.121. The zero-order chi connectivity index (χ0) is 10.7. The van der Waals surface area contributed by atoms with Crippen molar-refractivity contribution in [3.8, 4) is 0 Å². The van der Waals surface area contributed by atoms with Gasteiger partial charge in [-0.15, -0.1) is 0 Å². The van der Waals surface area contributed by atoms with Crippen molar-refractivity contribution < 1.29 is 14.3 Å². The summed E-state index contributed by atoms with van der Waals surface area (Å²) in [5.74, 6) is 0. The highest BCUT2D eigenvalue weighted by molar-refractivity contribution is 5.69. The molecule has 1 amide bonds. The zero-order valence-electron chi connectivity index (χ0n) is 9.12. The first-order chi connectivity index (χ1) is 7.26. The normalized spacial score (nSPS) is 22.9. The minimum atomic E-state index is -0.204. The molecule has 0 radical (unpaired) electrons. The Labute approximate surface area is 89.7 Å². The third-order valence-electron chi connectivity index (χ3n) is 2.87. The number of carbonyl (C=O) groups is 1. The molecule has 1 N–H and O–H groups in total. The summed E-state index contributed by atoms with van der Waals surface area (Å²) in [7, 11) is 0. The second-order valence-corrected chi connectivity index (χ2v) is 4.22. The van der Waals surface area contributed by atoms with Gasteiger partial charge in [0, 0.05) is 6.54 Å². The summed E-state index contributed by atoms with van der Waals surface area (Å²) in [4.78, 5) is 13.2.